The Morgan fingerprint density at radius 1 is 1.17 bits per heavy atom. The minimum atomic E-state index is -0.515. The van der Waals surface area contributed by atoms with E-state index in [1.54, 1.807) is 6.20 Å². The summed E-state index contributed by atoms with van der Waals surface area (Å²) in [5.74, 6) is 1.26. The fraction of sp³-hybridized carbons (Fsp3) is 0.400. The zero-order valence-electron chi connectivity index (χ0n) is 11.1. The lowest BCUT2D eigenvalue weighted by molar-refractivity contribution is 0.0860. The van der Waals surface area contributed by atoms with Gasteiger partial charge in [-0.05, 0) is 18.4 Å². The zero-order valence-corrected chi connectivity index (χ0v) is 11.1. The quantitative estimate of drug-likeness (QED) is 0.897. The van der Waals surface area contributed by atoms with Gasteiger partial charge in [0.25, 0.3) is 0 Å². The van der Waals surface area contributed by atoms with Crippen molar-refractivity contribution in [2.75, 3.05) is 0 Å². The number of aliphatic hydroxyl groups excluding tert-OH is 1. The third kappa shape index (κ3) is 2.46. The first-order valence-electron chi connectivity index (χ1n) is 6.33. The summed E-state index contributed by atoms with van der Waals surface area (Å²) in [5, 5.41) is 10.6. The zero-order chi connectivity index (χ0) is 13.1. The molecular formula is C15H20N2O. The molecule has 3 heteroatoms. The molecule has 0 aliphatic carbocycles. The summed E-state index contributed by atoms with van der Waals surface area (Å²) >= 11 is 0. The number of hydrogen-bond acceptors (Lipinski definition) is 2. The van der Waals surface area contributed by atoms with Gasteiger partial charge in [-0.2, -0.15) is 0 Å². The first kappa shape index (κ1) is 12.8. The first-order valence-corrected chi connectivity index (χ1v) is 6.33. The highest BCUT2D eigenvalue weighted by molar-refractivity contribution is 5.19. The van der Waals surface area contributed by atoms with Crippen LogP contribution in [0.4, 0.5) is 0 Å². The molecule has 1 aromatic heterocycles. The Hall–Kier alpha value is -1.61. The van der Waals surface area contributed by atoms with Crippen molar-refractivity contribution < 1.29 is 5.11 Å². The molecule has 0 bridgehead atoms. The van der Waals surface area contributed by atoms with Crippen LogP contribution in [0.5, 0.6) is 0 Å². The fourth-order valence-corrected chi connectivity index (χ4v) is 2.39. The van der Waals surface area contributed by atoms with Gasteiger partial charge in [0.15, 0.2) is 0 Å². The van der Waals surface area contributed by atoms with E-state index in [4.69, 9.17) is 0 Å². The number of aromatic nitrogens is 2. The van der Waals surface area contributed by atoms with Crippen LogP contribution in [0.25, 0.3) is 0 Å². The lowest BCUT2D eigenvalue weighted by Crippen LogP contribution is -2.23. The van der Waals surface area contributed by atoms with Gasteiger partial charge in [-0.1, -0.05) is 44.2 Å². The minimum absolute atomic E-state index is 0.00917. The third-order valence-electron chi connectivity index (χ3n) is 3.33. The van der Waals surface area contributed by atoms with Crippen molar-refractivity contribution in [1.29, 1.82) is 0 Å². The molecule has 18 heavy (non-hydrogen) atoms. The van der Waals surface area contributed by atoms with Gasteiger partial charge in [0.05, 0.1) is 12.1 Å². The van der Waals surface area contributed by atoms with Gasteiger partial charge in [0.1, 0.15) is 5.82 Å². The number of imidazole rings is 1. The van der Waals surface area contributed by atoms with Crippen LogP contribution in [0.1, 0.15) is 37.4 Å². The van der Waals surface area contributed by atoms with Crippen LogP contribution in [0.3, 0.4) is 0 Å². The second-order valence-corrected chi connectivity index (χ2v) is 4.97. The Morgan fingerprint density at radius 2 is 1.83 bits per heavy atom. The molecule has 96 valence electrons. The Balaban J connectivity index is 2.35. The summed E-state index contributed by atoms with van der Waals surface area (Å²) < 4.78 is 2.06. The van der Waals surface area contributed by atoms with Crippen LogP contribution in [0.15, 0.2) is 42.7 Å². The topological polar surface area (TPSA) is 38.0 Å². The summed E-state index contributed by atoms with van der Waals surface area (Å²) in [7, 11) is 0. The SMILES string of the molecule is Cc1nccn1C(C(C)C)C(O)c1ccccc1. The molecule has 1 N–H and O–H groups in total. The standard InChI is InChI=1S/C15H20N2O/c1-11(2)14(17-10-9-16-12(17)3)15(18)13-7-5-4-6-8-13/h4-11,14-15,18H,1-3H3. The predicted octanol–water partition coefficient (Wildman–Crippen LogP) is 3.12. The highest BCUT2D eigenvalue weighted by Gasteiger charge is 2.26. The van der Waals surface area contributed by atoms with Gasteiger partial charge in [0, 0.05) is 12.4 Å². The van der Waals surface area contributed by atoms with Crippen LogP contribution < -0.4 is 0 Å². The Bertz CT molecular complexity index is 490. The maximum absolute atomic E-state index is 10.6. The van der Waals surface area contributed by atoms with E-state index in [0.29, 0.717) is 5.92 Å². The lowest BCUT2D eigenvalue weighted by atomic mass is 9.93. The maximum atomic E-state index is 10.6. The first-order chi connectivity index (χ1) is 8.61. The molecule has 0 radical (unpaired) electrons. The molecular weight excluding hydrogens is 224 g/mol. The normalized spacial score (nSPS) is 14.7. The third-order valence-corrected chi connectivity index (χ3v) is 3.33. The Morgan fingerprint density at radius 3 is 2.33 bits per heavy atom. The molecule has 2 atom stereocenters. The number of benzene rings is 1. The summed E-state index contributed by atoms with van der Waals surface area (Å²) in [6, 6.07) is 9.81. The highest BCUT2D eigenvalue weighted by atomic mass is 16.3. The fourth-order valence-electron chi connectivity index (χ4n) is 2.39. The summed E-state index contributed by atoms with van der Waals surface area (Å²) in [6.45, 7) is 6.21. The molecule has 0 aliphatic rings. The molecule has 3 nitrogen and oxygen atoms in total. The Labute approximate surface area is 108 Å². The van der Waals surface area contributed by atoms with Crippen molar-refractivity contribution >= 4 is 0 Å². The summed E-state index contributed by atoms with van der Waals surface area (Å²) in [6.07, 6.45) is 3.20. The van der Waals surface area contributed by atoms with Crippen LogP contribution in [-0.4, -0.2) is 14.7 Å². The molecule has 0 fully saturated rings. The van der Waals surface area contributed by atoms with E-state index in [9.17, 15) is 5.11 Å². The van der Waals surface area contributed by atoms with E-state index >= 15 is 0 Å². The van der Waals surface area contributed by atoms with E-state index in [-0.39, 0.29) is 6.04 Å². The second kappa shape index (κ2) is 5.36. The van der Waals surface area contributed by atoms with Gasteiger partial charge in [-0.15, -0.1) is 0 Å². The molecule has 2 unspecified atom stereocenters. The average molecular weight is 244 g/mol. The second-order valence-electron chi connectivity index (χ2n) is 4.97. The van der Waals surface area contributed by atoms with Crippen molar-refractivity contribution in [2.45, 2.75) is 32.9 Å². The summed E-state index contributed by atoms with van der Waals surface area (Å²) in [5.41, 5.74) is 0.948. The molecule has 1 aromatic carbocycles. The minimum Gasteiger partial charge on any atom is -0.386 e. The van der Waals surface area contributed by atoms with Crippen LogP contribution in [0.2, 0.25) is 0 Å². The van der Waals surface area contributed by atoms with Crippen molar-refractivity contribution in [3.63, 3.8) is 0 Å². The number of aliphatic hydroxyl groups is 1. The number of aryl methyl sites for hydroxylation is 1. The van der Waals surface area contributed by atoms with Gasteiger partial charge in [-0.25, -0.2) is 4.98 Å². The molecule has 0 saturated heterocycles. The van der Waals surface area contributed by atoms with E-state index in [1.807, 2.05) is 43.5 Å². The van der Waals surface area contributed by atoms with Crippen LogP contribution in [0, 0.1) is 12.8 Å². The van der Waals surface area contributed by atoms with Crippen molar-refractivity contribution in [1.82, 2.24) is 9.55 Å². The van der Waals surface area contributed by atoms with E-state index in [0.717, 1.165) is 11.4 Å². The number of hydrogen-bond donors (Lipinski definition) is 1. The monoisotopic (exact) mass is 244 g/mol. The van der Waals surface area contributed by atoms with E-state index in [1.165, 1.54) is 0 Å². The van der Waals surface area contributed by atoms with E-state index < -0.39 is 6.10 Å². The lowest BCUT2D eigenvalue weighted by Gasteiger charge is -2.29. The number of nitrogens with zero attached hydrogens (tertiary/aromatic N) is 2. The smallest absolute Gasteiger partial charge is 0.105 e. The largest absolute Gasteiger partial charge is 0.386 e. The van der Waals surface area contributed by atoms with Gasteiger partial charge in [0.2, 0.25) is 0 Å². The molecule has 0 saturated carbocycles. The molecule has 0 spiro atoms. The van der Waals surface area contributed by atoms with Crippen molar-refractivity contribution in [3.05, 3.63) is 54.1 Å². The summed E-state index contributed by atoms with van der Waals surface area (Å²) in [4.78, 5) is 4.25. The predicted molar refractivity (Wildman–Crippen MR) is 72.2 cm³/mol. The molecule has 2 aromatic rings. The van der Waals surface area contributed by atoms with Crippen LogP contribution >= 0.6 is 0 Å². The van der Waals surface area contributed by atoms with Gasteiger partial charge in [-0.3, -0.25) is 0 Å². The highest BCUT2D eigenvalue weighted by Crippen LogP contribution is 2.32. The van der Waals surface area contributed by atoms with Gasteiger partial charge < -0.3 is 9.67 Å². The molecule has 0 amide bonds. The molecule has 2 rings (SSSR count). The van der Waals surface area contributed by atoms with Crippen LogP contribution in [-0.2, 0) is 0 Å². The van der Waals surface area contributed by atoms with Gasteiger partial charge >= 0.3 is 0 Å². The Kier molecular flexibility index (Phi) is 3.82. The average Bonchev–Trinajstić information content (AvgIpc) is 2.76. The molecule has 0 aliphatic heterocycles. The molecule has 1 heterocycles. The maximum Gasteiger partial charge on any atom is 0.105 e. The number of rotatable bonds is 4. The van der Waals surface area contributed by atoms with E-state index in [2.05, 4.69) is 23.4 Å². The van der Waals surface area contributed by atoms with Crippen molar-refractivity contribution in [3.8, 4) is 0 Å². The van der Waals surface area contributed by atoms with Crippen molar-refractivity contribution in [2.24, 2.45) is 5.92 Å².